The summed E-state index contributed by atoms with van der Waals surface area (Å²) in [6, 6.07) is 7.54. The van der Waals surface area contributed by atoms with E-state index in [-0.39, 0.29) is 0 Å². The van der Waals surface area contributed by atoms with Gasteiger partial charge in [-0.2, -0.15) is 5.26 Å². The third-order valence-corrected chi connectivity index (χ3v) is 2.58. The van der Waals surface area contributed by atoms with Crippen molar-refractivity contribution in [2.24, 2.45) is 0 Å². The normalized spacial score (nSPS) is 9.81. The van der Waals surface area contributed by atoms with Crippen molar-refractivity contribution < 1.29 is 9.47 Å². The van der Waals surface area contributed by atoms with Crippen molar-refractivity contribution in [3.63, 3.8) is 0 Å². The summed E-state index contributed by atoms with van der Waals surface area (Å²) < 4.78 is 11.5. The number of hydrogen-bond acceptors (Lipinski definition) is 3. The van der Waals surface area contributed by atoms with E-state index in [9.17, 15) is 0 Å². The topological polar surface area (TPSA) is 42.2 Å². The molecule has 0 aliphatic rings. The zero-order valence-electron chi connectivity index (χ0n) is 9.20. The van der Waals surface area contributed by atoms with Crippen LogP contribution in [-0.4, -0.2) is 19.8 Å². The second-order valence-electron chi connectivity index (χ2n) is 3.19. The van der Waals surface area contributed by atoms with Crippen LogP contribution in [0, 0.1) is 11.3 Å². The minimum absolute atomic E-state index is 0.463. The van der Waals surface area contributed by atoms with Gasteiger partial charge in [-0.1, -0.05) is 13.0 Å². The van der Waals surface area contributed by atoms with E-state index in [2.05, 4.69) is 28.9 Å². The van der Waals surface area contributed by atoms with Crippen LogP contribution in [0.4, 0.5) is 0 Å². The number of benzene rings is 1. The van der Waals surface area contributed by atoms with Crippen molar-refractivity contribution in [2.45, 2.75) is 13.3 Å². The van der Waals surface area contributed by atoms with Gasteiger partial charge in [-0.15, -0.1) is 0 Å². The maximum absolute atomic E-state index is 8.95. The molecule has 0 radical (unpaired) electrons. The predicted octanol–water partition coefficient (Wildman–Crippen LogP) is 3.13. The maximum Gasteiger partial charge on any atom is 0.138 e. The van der Waals surface area contributed by atoms with Crippen LogP contribution in [0.2, 0.25) is 0 Å². The number of rotatable bonds is 6. The molecule has 16 heavy (non-hydrogen) atoms. The van der Waals surface area contributed by atoms with E-state index in [0.717, 1.165) is 17.5 Å². The molecule has 0 amide bonds. The molecule has 0 unspecified atom stereocenters. The molecule has 3 nitrogen and oxygen atoms in total. The SMILES string of the molecule is CCCOCCOc1cccc(Br)c1C#N. The average Bonchev–Trinajstić information content (AvgIpc) is 2.29. The van der Waals surface area contributed by atoms with Crippen molar-refractivity contribution >= 4 is 15.9 Å². The van der Waals surface area contributed by atoms with Crippen LogP contribution in [0.25, 0.3) is 0 Å². The van der Waals surface area contributed by atoms with Crippen LogP contribution in [0.1, 0.15) is 18.9 Å². The Kier molecular flexibility index (Phi) is 5.91. The summed E-state index contributed by atoms with van der Waals surface area (Å²) in [5.41, 5.74) is 0.526. The lowest BCUT2D eigenvalue weighted by atomic mass is 10.2. The number of nitrogens with zero attached hydrogens (tertiary/aromatic N) is 1. The maximum atomic E-state index is 8.95. The highest BCUT2D eigenvalue weighted by Gasteiger charge is 2.06. The zero-order valence-corrected chi connectivity index (χ0v) is 10.8. The first-order valence-electron chi connectivity index (χ1n) is 5.18. The van der Waals surface area contributed by atoms with Gasteiger partial charge in [0.15, 0.2) is 0 Å². The monoisotopic (exact) mass is 283 g/mol. The van der Waals surface area contributed by atoms with Crippen LogP contribution < -0.4 is 4.74 Å². The van der Waals surface area contributed by atoms with Crippen LogP contribution in [0.15, 0.2) is 22.7 Å². The van der Waals surface area contributed by atoms with E-state index in [1.165, 1.54) is 0 Å². The third kappa shape index (κ3) is 3.84. The van der Waals surface area contributed by atoms with Gasteiger partial charge in [0.1, 0.15) is 24.0 Å². The molecule has 0 N–H and O–H groups in total. The molecule has 86 valence electrons. The van der Waals surface area contributed by atoms with Gasteiger partial charge in [-0.05, 0) is 34.5 Å². The van der Waals surface area contributed by atoms with Crippen LogP contribution in [-0.2, 0) is 4.74 Å². The summed E-state index contributed by atoms with van der Waals surface area (Å²) in [5.74, 6) is 0.594. The molecule has 0 saturated carbocycles. The van der Waals surface area contributed by atoms with Crippen molar-refractivity contribution in [3.8, 4) is 11.8 Å². The summed E-state index contributed by atoms with van der Waals surface area (Å²) in [7, 11) is 0. The molecule has 0 aliphatic heterocycles. The van der Waals surface area contributed by atoms with Crippen molar-refractivity contribution in [3.05, 3.63) is 28.2 Å². The minimum atomic E-state index is 0.463. The lowest BCUT2D eigenvalue weighted by molar-refractivity contribution is 0.100. The Morgan fingerprint density at radius 3 is 2.81 bits per heavy atom. The average molecular weight is 284 g/mol. The highest BCUT2D eigenvalue weighted by Crippen LogP contribution is 2.25. The second-order valence-corrected chi connectivity index (χ2v) is 4.04. The Balaban J connectivity index is 2.48. The molecule has 1 rings (SSSR count). The molecule has 0 heterocycles. The Hall–Kier alpha value is -1.05. The molecule has 0 saturated heterocycles. The molecule has 0 bridgehead atoms. The summed E-state index contributed by atoms with van der Waals surface area (Å²) >= 11 is 3.31. The molecule has 0 spiro atoms. The van der Waals surface area contributed by atoms with Gasteiger partial charge in [0.05, 0.1) is 6.61 Å². The lowest BCUT2D eigenvalue weighted by Gasteiger charge is -2.08. The van der Waals surface area contributed by atoms with E-state index in [4.69, 9.17) is 14.7 Å². The molecule has 0 fully saturated rings. The minimum Gasteiger partial charge on any atom is -0.490 e. The van der Waals surface area contributed by atoms with Crippen LogP contribution in [0.5, 0.6) is 5.75 Å². The molecule has 0 aliphatic carbocycles. The second kappa shape index (κ2) is 7.26. The van der Waals surface area contributed by atoms with E-state index >= 15 is 0 Å². The fourth-order valence-corrected chi connectivity index (χ4v) is 1.63. The molecule has 1 aromatic carbocycles. The Labute approximate surface area is 104 Å². The van der Waals surface area contributed by atoms with E-state index in [1.54, 1.807) is 6.07 Å². The van der Waals surface area contributed by atoms with Crippen LogP contribution in [0.3, 0.4) is 0 Å². The molecule has 1 aromatic rings. The van der Waals surface area contributed by atoms with Gasteiger partial charge in [0.2, 0.25) is 0 Å². The molecule has 0 atom stereocenters. The van der Waals surface area contributed by atoms with Crippen molar-refractivity contribution in [2.75, 3.05) is 19.8 Å². The fraction of sp³-hybridized carbons (Fsp3) is 0.417. The smallest absolute Gasteiger partial charge is 0.138 e. The summed E-state index contributed by atoms with van der Waals surface area (Å²) in [4.78, 5) is 0. The lowest BCUT2D eigenvalue weighted by Crippen LogP contribution is -2.07. The van der Waals surface area contributed by atoms with Crippen molar-refractivity contribution in [1.82, 2.24) is 0 Å². The quantitative estimate of drug-likeness (QED) is 0.754. The first-order chi connectivity index (χ1) is 7.79. The first kappa shape index (κ1) is 13.0. The van der Waals surface area contributed by atoms with E-state index in [1.807, 2.05) is 12.1 Å². The summed E-state index contributed by atoms with van der Waals surface area (Å²) in [5, 5.41) is 8.95. The van der Waals surface area contributed by atoms with Crippen LogP contribution >= 0.6 is 15.9 Å². The Bertz CT molecular complexity index is 374. The van der Waals surface area contributed by atoms with Gasteiger partial charge in [0.25, 0.3) is 0 Å². The Morgan fingerprint density at radius 2 is 2.12 bits per heavy atom. The summed E-state index contributed by atoms with van der Waals surface area (Å²) in [6.45, 7) is 3.81. The van der Waals surface area contributed by atoms with Gasteiger partial charge in [0, 0.05) is 11.1 Å². The van der Waals surface area contributed by atoms with E-state index < -0.39 is 0 Å². The van der Waals surface area contributed by atoms with Crippen molar-refractivity contribution in [1.29, 1.82) is 5.26 Å². The Morgan fingerprint density at radius 1 is 1.31 bits per heavy atom. The molecule has 4 heteroatoms. The number of halogens is 1. The fourth-order valence-electron chi connectivity index (χ4n) is 1.19. The molecule has 0 aromatic heterocycles. The predicted molar refractivity (Wildman–Crippen MR) is 65.5 cm³/mol. The zero-order chi connectivity index (χ0) is 11.8. The van der Waals surface area contributed by atoms with Gasteiger partial charge < -0.3 is 9.47 Å². The van der Waals surface area contributed by atoms with Gasteiger partial charge >= 0.3 is 0 Å². The van der Waals surface area contributed by atoms with Gasteiger partial charge in [-0.25, -0.2) is 0 Å². The largest absolute Gasteiger partial charge is 0.490 e. The first-order valence-corrected chi connectivity index (χ1v) is 5.98. The summed E-state index contributed by atoms with van der Waals surface area (Å²) in [6.07, 6.45) is 1.00. The highest BCUT2D eigenvalue weighted by atomic mass is 79.9. The number of nitriles is 1. The van der Waals surface area contributed by atoms with E-state index in [0.29, 0.717) is 24.5 Å². The third-order valence-electron chi connectivity index (χ3n) is 1.92. The number of ether oxygens (including phenoxy) is 2. The van der Waals surface area contributed by atoms with Gasteiger partial charge in [-0.3, -0.25) is 0 Å². The number of hydrogen-bond donors (Lipinski definition) is 0. The highest BCUT2D eigenvalue weighted by molar-refractivity contribution is 9.10. The molecular weight excluding hydrogens is 270 g/mol. The molecular formula is C12H14BrNO2. The standard InChI is InChI=1S/C12H14BrNO2/c1-2-6-15-7-8-16-12-5-3-4-11(13)10(12)9-14/h3-5H,2,6-8H2,1H3.